The summed E-state index contributed by atoms with van der Waals surface area (Å²) < 4.78 is 21.9. The number of aryl methyl sites for hydroxylation is 1. The van der Waals surface area contributed by atoms with Gasteiger partial charge in [-0.1, -0.05) is 52.7 Å². The zero-order chi connectivity index (χ0) is 13.3. The van der Waals surface area contributed by atoms with E-state index in [1.54, 1.807) is 31.2 Å². The van der Waals surface area contributed by atoms with Gasteiger partial charge in [0.2, 0.25) is 0 Å². The van der Waals surface area contributed by atoms with Crippen LogP contribution in [-0.4, -0.2) is 24.1 Å². The summed E-state index contributed by atoms with van der Waals surface area (Å²) in [6, 6.07) is 6.88. The maximum Gasteiger partial charge on any atom is 0.194 e. The van der Waals surface area contributed by atoms with E-state index in [1.807, 2.05) is 6.92 Å². The lowest BCUT2D eigenvalue weighted by Crippen LogP contribution is -2.39. The molecule has 0 aliphatic carbocycles. The number of hydrogen-bond acceptors (Lipinski definition) is 3. The van der Waals surface area contributed by atoms with E-state index < -0.39 is 19.3 Å². The number of Topliss-reactive ketones (excluding diaryl/α,β-unsaturated/α-hetero) is 1. The zero-order valence-electron chi connectivity index (χ0n) is 10.0. The van der Waals surface area contributed by atoms with Gasteiger partial charge in [0.1, 0.15) is 0 Å². The highest BCUT2D eigenvalue weighted by molar-refractivity contribution is 9.12. The van der Waals surface area contributed by atoms with Crippen LogP contribution < -0.4 is 0 Å². The molecule has 0 spiro atoms. The molecule has 1 aromatic rings. The molecule has 0 N–H and O–H groups in total. The fourth-order valence-corrected chi connectivity index (χ4v) is 2.72. The highest BCUT2D eigenvalue weighted by Gasteiger charge is 2.44. The van der Waals surface area contributed by atoms with E-state index in [0.29, 0.717) is 5.56 Å². The second-order valence-electron chi connectivity index (χ2n) is 4.05. The molecular formula is C12H15BrO3S. The van der Waals surface area contributed by atoms with Crippen LogP contribution in [0.25, 0.3) is 0 Å². The molecule has 1 rings (SSSR count). The van der Waals surface area contributed by atoms with Crippen molar-refractivity contribution >= 4 is 31.6 Å². The first-order valence-corrected chi connectivity index (χ1v) is 7.91. The van der Waals surface area contributed by atoms with Gasteiger partial charge in [0, 0.05) is 11.8 Å². The summed E-state index contributed by atoms with van der Waals surface area (Å²) in [6.45, 7) is 3.58. The zero-order valence-corrected chi connectivity index (χ0v) is 12.4. The molecule has 5 heteroatoms. The van der Waals surface area contributed by atoms with Crippen molar-refractivity contribution in [1.82, 2.24) is 0 Å². The van der Waals surface area contributed by atoms with Crippen LogP contribution in [0, 0.1) is 6.92 Å². The summed E-state index contributed by atoms with van der Waals surface area (Å²) in [5, 5.41) is 0. The number of benzene rings is 1. The van der Waals surface area contributed by atoms with E-state index in [2.05, 4.69) is 15.9 Å². The predicted octanol–water partition coefficient (Wildman–Crippen LogP) is 2.72. The van der Waals surface area contributed by atoms with Gasteiger partial charge >= 0.3 is 0 Å². The smallest absolute Gasteiger partial charge is 0.194 e. The lowest BCUT2D eigenvalue weighted by Gasteiger charge is -2.22. The SMILES string of the molecule is CC[C@@](Br)(C(=O)c1ccc(C)cc1)S(C)(=O)=O. The van der Waals surface area contributed by atoms with Crippen molar-refractivity contribution in [2.45, 2.75) is 23.9 Å². The van der Waals surface area contributed by atoms with Crippen LogP contribution >= 0.6 is 15.9 Å². The van der Waals surface area contributed by atoms with Gasteiger partial charge in [0.25, 0.3) is 0 Å². The first-order chi connectivity index (χ1) is 7.72. The standard InChI is InChI=1S/C12H15BrO3S/c1-4-12(13,17(3,15)16)11(14)10-7-5-9(2)6-8-10/h5-8H,4H2,1-3H3/t12-/m0/s1. The maximum absolute atomic E-state index is 12.2. The van der Waals surface area contributed by atoms with Crippen LogP contribution in [0.5, 0.6) is 0 Å². The van der Waals surface area contributed by atoms with Gasteiger partial charge in [-0.25, -0.2) is 8.42 Å². The van der Waals surface area contributed by atoms with Crippen LogP contribution in [0.1, 0.15) is 29.3 Å². The minimum atomic E-state index is -3.50. The van der Waals surface area contributed by atoms with Gasteiger partial charge < -0.3 is 0 Å². The fraction of sp³-hybridized carbons (Fsp3) is 0.417. The molecule has 0 saturated heterocycles. The first kappa shape index (κ1) is 14.4. The summed E-state index contributed by atoms with van der Waals surface area (Å²) in [7, 11) is -3.50. The number of sulfone groups is 1. The summed E-state index contributed by atoms with van der Waals surface area (Å²) in [4.78, 5) is 12.2. The largest absolute Gasteiger partial charge is 0.291 e. The molecule has 0 heterocycles. The molecule has 1 aromatic carbocycles. The molecule has 17 heavy (non-hydrogen) atoms. The van der Waals surface area contributed by atoms with E-state index in [4.69, 9.17) is 0 Å². The molecule has 3 nitrogen and oxygen atoms in total. The van der Waals surface area contributed by atoms with Gasteiger partial charge in [0.15, 0.2) is 19.3 Å². The summed E-state index contributed by atoms with van der Waals surface area (Å²) in [5.74, 6) is -0.414. The third-order valence-electron chi connectivity index (χ3n) is 2.70. The van der Waals surface area contributed by atoms with Crippen LogP contribution in [0.2, 0.25) is 0 Å². The van der Waals surface area contributed by atoms with Crippen LogP contribution in [0.15, 0.2) is 24.3 Å². The van der Waals surface area contributed by atoms with E-state index >= 15 is 0 Å². The van der Waals surface area contributed by atoms with Crippen LogP contribution in [0.4, 0.5) is 0 Å². The maximum atomic E-state index is 12.2. The van der Waals surface area contributed by atoms with E-state index in [-0.39, 0.29) is 6.42 Å². The number of halogens is 1. The third-order valence-corrected chi connectivity index (χ3v) is 7.03. The molecule has 0 aromatic heterocycles. The highest BCUT2D eigenvalue weighted by Crippen LogP contribution is 2.32. The van der Waals surface area contributed by atoms with Crippen molar-refractivity contribution in [3.8, 4) is 0 Å². The quantitative estimate of drug-likeness (QED) is 0.633. The Morgan fingerprint density at radius 2 is 1.76 bits per heavy atom. The van der Waals surface area contributed by atoms with Crippen molar-refractivity contribution in [3.63, 3.8) is 0 Å². The fourth-order valence-electron chi connectivity index (χ4n) is 1.51. The monoisotopic (exact) mass is 318 g/mol. The van der Waals surface area contributed by atoms with Crippen LogP contribution in [-0.2, 0) is 9.84 Å². The van der Waals surface area contributed by atoms with Crippen molar-refractivity contribution in [1.29, 1.82) is 0 Å². The highest BCUT2D eigenvalue weighted by atomic mass is 79.9. The Kier molecular flexibility index (Phi) is 4.15. The molecule has 0 saturated carbocycles. The Labute approximate surface area is 110 Å². The number of alkyl halides is 1. The topological polar surface area (TPSA) is 51.2 Å². The van der Waals surface area contributed by atoms with Crippen molar-refractivity contribution in [2.24, 2.45) is 0 Å². The Bertz CT molecular complexity index is 519. The minimum absolute atomic E-state index is 0.193. The number of carbonyl (C=O) groups is 1. The molecule has 1 atom stereocenters. The first-order valence-electron chi connectivity index (χ1n) is 5.22. The molecule has 0 amide bonds. The van der Waals surface area contributed by atoms with Gasteiger partial charge in [-0.3, -0.25) is 4.79 Å². The van der Waals surface area contributed by atoms with E-state index in [1.165, 1.54) is 0 Å². The van der Waals surface area contributed by atoms with Crippen molar-refractivity contribution in [2.75, 3.05) is 6.26 Å². The number of ketones is 1. The second-order valence-corrected chi connectivity index (χ2v) is 8.17. The summed E-state index contributed by atoms with van der Waals surface area (Å²) >= 11 is 3.09. The van der Waals surface area contributed by atoms with Crippen molar-refractivity contribution < 1.29 is 13.2 Å². The van der Waals surface area contributed by atoms with Crippen LogP contribution in [0.3, 0.4) is 0 Å². The lowest BCUT2D eigenvalue weighted by atomic mass is 10.1. The Hall–Kier alpha value is -0.680. The van der Waals surface area contributed by atoms with Gasteiger partial charge in [0.05, 0.1) is 0 Å². The molecule has 0 aliphatic heterocycles. The molecule has 0 unspecified atom stereocenters. The Balaban J connectivity index is 3.24. The third kappa shape index (κ3) is 2.77. The van der Waals surface area contributed by atoms with Crippen molar-refractivity contribution in [3.05, 3.63) is 35.4 Å². The normalized spacial score (nSPS) is 15.3. The average Bonchev–Trinajstić information content (AvgIpc) is 2.26. The number of rotatable bonds is 4. The average molecular weight is 319 g/mol. The predicted molar refractivity (Wildman–Crippen MR) is 72.3 cm³/mol. The molecule has 0 radical (unpaired) electrons. The lowest BCUT2D eigenvalue weighted by molar-refractivity contribution is 0.0976. The Morgan fingerprint density at radius 3 is 2.12 bits per heavy atom. The van der Waals surface area contributed by atoms with E-state index in [9.17, 15) is 13.2 Å². The van der Waals surface area contributed by atoms with Gasteiger partial charge in [-0.2, -0.15) is 0 Å². The van der Waals surface area contributed by atoms with Gasteiger partial charge in [-0.15, -0.1) is 0 Å². The molecule has 0 fully saturated rings. The Morgan fingerprint density at radius 1 is 1.29 bits per heavy atom. The molecule has 0 bridgehead atoms. The van der Waals surface area contributed by atoms with E-state index in [0.717, 1.165) is 11.8 Å². The second kappa shape index (κ2) is 4.90. The van der Waals surface area contributed by atoms with Gasteiger partial charge in [-0.05, 0) is 13.3 Å². The molecule has 0 aliphatic rings. The summed E-state index contributed by atoms with van der Waals surface area (Å²) in [5.41, 5.74) is 1.43. The molecule has 94 valence electrons. The number of hydrogen-bond donors (Lipinski definition) is 0. The molecular weight excluding hydrogens is 304 g/mol. The number of carbonyl (C=O) groups excluding carboxylic acids is 1. The summed E-state index contributed by atoms with van der Waals surface area (Å²) in [6.07, 6.45) is 1.26. The minimum Gasteiger partial charge on any atom is -0.291 e.